The standard InChI is InChI=1S/C49H32N2S/c1-31-23-25-41-42-19-10-18-37(49(42)52-48(41)27-31)34-13-8-11-32(28-34)33-12-9-14-35(29-33)50-46-22-7-4-17-40(46)43-30-36(24-26-47(43)50)51-44-20-5-2-15-38(44)39-16-3-6-21-45(39)51/h2-30H,1H3/i2D,3D,4D,5D,6D,7D,8D,9D,10D,11D,12D,13D,14D,15D,16D,17D,18D,19D,20D,21D,22D,23D,24D,25D,26D,27D,28D,29D,30D. The first-order valence-electron chi connectivity index (χ1n) is 30.0. The molecule has 0 radical (unpaired) electrons. The van der Waals surface area contributed by atoms with Gasteiger partial charge in [-0.3, -0.25) is 0 Å². The zero-order valence-electron chi connectivity index (χ0n) is 55.3. The molecule has 0 saturated carbocycles. The van der Waals surface area contributed by atoms with E-state index in [4.69, 9.17) is 23.3 Å². The van der Waals surface area contributed by atoms with Crippen LogP contribution < -0.4 is 0 Å². The van der Waals surface area contributed by atoms with Gasteiger partial charge in [-0.1, -0.05) is 115 Å². The Bertz CT molecular complexity index is 4800. The van der Waals surface area contributed by atoms with Crippen LogP contribution in [-0.4, -0.2) is 9.13 Å². The van der Waals surface area contributed by atoms with E-state index in [1.54, 1.807) is 0 Å². The van der Waals surface area contributed by atoms with Gasteiger partial charge in [-0.15, -0.1) is 11.3 Å². The molecule has 0 bridgehead atoms. The Balaban J connectivity index is 1.31. The molecule has 0 unspecified atom stereocenters. The zero-order chi connectivity index (χ0) is 59.6. The summed E-state index contributed by atoms with van der Waals surface area (Å²) in [6, 6.07) is -24.8. The van der Waals surface area contributed by atoms with Crippen LogP contribution in [-0.2, 0) is 0 Å². The number of hydrogen-bond acceptors (Lipinski definition) is 1. The van der Waals surface area contributed by atoms with Crippen LogP contribution >= 0.6 is 11.3 Å². The predicted molar refractivity (Wildman–Crippen MR) is 224 cm³/mol. The van der Waals surface area contributed by atoms with E-state index in [1.807, 2.05) is 0 Å². The van der Waals surface area contributed by atoms with Crippen LogP contribution in [0.25, 0.3) is 97.4 Å². The molecule has 52 heavy (non-hydrogen) atoms. The fourth-order valence-corrected chi connectivity index (χ4v) is 7.50. The monoisotopic (exact) mass is 709 g/mol. The van der Waals surface area contributed by atoms with Crippen LogP contribution in [0.15, 0.2) is 175 Å². The topological polar surface area (TPSA) is 9.86 Å². The minimum atomic E-state index is -1.09. The normalized spacial score (nSPS) is 19.8. The SMILES string of the molecule is [2H]c1c([2H])c(-c2c([2H])c([2H])c([2H])c(-n3c4c([2H])c([2H])c([2H])c([2H])c4c4c([2H])c(-n5c6c([2H])c([2H])c([2H])c([2H])c6c6c([2H])c([2H])c([2H])c([2H])c65)c([2H])c([2H])c43)c2[2H])c([2H])c(-c2c([2H])c([2H])c([2H])c3c2sc2c([2H])c(C)c([2H])c([2H])c23)c1[2H]. The van der Waals surface area contributed by atoms with Gasteiger partial charge in [0.2, 0.25) is 0 Å². The molecule has 2 nitrogen and oxygen atoms in total. The Hall–Kier alpha value is -6.42. The van der Waals surface area contributed by atoms with Gasteiger partial charge in [0, 0.05) is 53.1 Å². The fraction of sp³-hybridized carbons (Fsp3) is 0.0204. The molecule has 8 aromatic carbocycles. The van der Waals surface area contributed by atoms with Crippen molar-refractivity contribution in [3.8, 4) is 33.6 Å². The van der Waals surface area contributed by atoms with Crippen molar-refractivity contribution in [2.75, 3.05) is 0 Å². The number of thiophene rings is 1. The number of para-hydroxylation sites is 3. The zero-order valence-corrected chi connectivity index (χ0v) is 27.1. The van der Waals surface area contributed by atoms with Gasteiger partial charge in [-0.25, -0.2) is 0 Å². The smallest absolute Gasteiger partial charge is 0.0652 e. The molecule has 244 valence electrons. The molecule has 0 aliphatic rings. The van der Waals surface area contributed by atoms with Crippen LogP contribution in [0.4, 0.5) is 0 Å². The van der Waals surface area contributed by atoms with Crippen molar-refractivity contribution in [1.29, 1.82) is 0 Å². The second kappa shape index (κ2) is 11.3. The maximum Gasteiger partial charge on any atom is 0.0652 e. The summed E-state index contributed by atoms with van der Waals surface area (Å²) >= 11 is 0.741. The highest BCUT2D eigenvalue weighted by atomic mass is 32.1. The highest BCUT2D eigenvalue weighted by Crippen LogP contribution is 2.42. The number of nitrogens with zero attached hydrogens (tertiary/aromatic N) is 2. The lowest BCUT2D eigenvalue weighted by Gasteiger charge is -2.12. The summed E-state index contributed by atoms with van der Waals surface area (Å²) in [4.78, 5) is 0. The van der Waals surface area contributed by atoms with E-state index in [-0.39, 0.29) is 37.8 Å². The predicted octanol–water partition coefficient (Wildman–Crippen LogP) is 13.9. The van der Waals surface area contributed by atoms with E-state index in [0.29, 0.717) is 4.57 Å². The third-order valence-electron chi connectivity index (χ3n) is 8.55. The van der Waals surface area contributed by atoms with Gasteiger partial charge in [0.15, 0.2) is 0 Å². The molecule has 0 N–H and O–H groups in total. The first-order chi connectivity index (χ1) is 37.8. The molecule has 3 heterocycles. The van der Waals surface area contributed by atoms with Crippen LogP contribution in [0, 0.1) is 6.92 Å². The van der Waals surface area contributed by atoms with Gasteiger partial charge in [0.1, 0.15) is 0 Å². The largest absolute Gasteiger partial charge is 0.309 e. The summed E-state index contributed by atoms with van der Waals surface area (Å²) in [5.74, 6) is 0. The van der Waals surface area contributed by atoms with E-state index in [9.17, 15) is 16.4 Å². The van der Waals surface area contributed by atoms with Crippen molar-refractivity contribution in [2.24, 2.45) is 0 Å². The summed E-state index contributed by atoms with van der Waals surface area (Å²) in [5.41, 5.74) is -7.08. The molecule has 3 heteroatoms. The van der Waals surface area contributed by atoms with Crippen molar-refractivity contribution in [2.45, 2.75) is 6.92 Å². The third-order valence-corrected chi connectivity index (χ3v) is 9.67. The molecule has 0 aliphatic heterocycles. The molecule has 0 atom stereocenters. The molecule has 0 amide bonds. The minimum absolute atomic E-state index is 0.0497. The van der Waals surface area contributed by atoms with Gasteiger partial charge in [-0.2, -0.15) is 0 Å². The molecular weight excluding hydrogens is 649 g/mol. The average molecular weight is 710 g/mol. The van der Waals surface area contributed by atoms with Gasteiger partial charge in [0.25, 0.3) is 0 Å². The van der Waals surface area contributed by atoms with Crippen LogP contribution in [0.2, 0.25) is 0 Å². The molecule has 0 aliphatic carbocycles. The van der Waals surface area contributed by atoms with E-state index in [2.05, 4.69) is 0 Å². The second-order valence-electron chi connectivity index (χ2n) is 11.5. The Kier molecular flexibility index (Phi) is 2.75. The van der Waals surface area contributed by atoms with Crippen molar-refractivity contribution < 1.29 is 39.8 Å². The van der Waals surface area contributed by atoms with Crippen LogP contribution in [0.5, 0.6) is 0 Å². The molecule has 0 fully saturated rings. The Morgan fingerprint density at radius 3 is 1.69 bits per heavy atom. The Labute approximate surface area is 345 Å². The fourth-order valence-electron chi connectivity index (χ4n) is 6.33. The molecule has 11 aromatic rings. The number of aromatic nitrogens is 2. The highest BCUT2D eigenvalue weighted by molar-refractivity contribution is 7.26. The molecule has 0 spiro atoms. The van der Waals surface area contributed by atoms with E-state index in [0.717, 1.165) is 15.9 Å². The first-order valence-corrected chi connectivity index (χ1v) is 16.3. The van der Waals surface area contributed by atoms with Gasteiger partial charge in [0.05, 0.1) is 61.8 Å². The first kappa shape index (κ1) is 12.7. The van der Waals surface area contributed by atoms with Crippen LogP contribution in [0.1, 0.15) is 45.3 Å². The molecule has 11 rings (SSSR count). The maximum atomic E-state index is 9.95. The van der Waals surface area contributed by atoms with Crippen molar-refractivity contribution in [3.05, 3.63) is 181 Å². The van der Waals surface area contributed by atoms with E-state index >= 15 is 0 Å². The lowest BCUT2D eigenvalue weighted by molar-refractivity contribution is 1.17. The van der Waals surface area contributed by atoms with Gasteiger partial charge >= 0.3 is 0 Å². The Morgan fingerprint density at radius 2 is 0.962 bits per heavy atom. The quantitative estimate of drug-likeness (QED) is 0.172. The number of hydrogen-bond donors (Lipinski definition) is 0. The number of rotatable bonds is 4. The minimum Gasteiger partial charge on any atom is -0.309 e. The van der Waals surface area contributed by atoms with E-state index < -0.39 is 240 Å². The van der Waals surface area contributed by atoms with E-state index in [1.165, 1.54) is 6.92 Å². The van der Waals surface area contributed by atoms with Crippen molar-refractivity contribution >= 4 is 75.1 Å². The Morgan fingerprint density at radius 1 is 0.404 bits per heavy atom. The summed E-state index contributed by atoms with van der Waals surface area (Å²) in [6.45, 7) is 1.42. The highest BCUT2D eigenvalue weighted by Gasteiger charge is 2.17. The number of benzene rings is 8. The lowest BCUT2D eigenvalue weighted by atomic mass is 9.97. The molecular formula is C49H32N2S. The van der Waals surface area contributed by atoms with Gasteiger partial charge in [-0.05, 0) is 95.2 Å². The van der Waals surface area contributed by atoms with Gasteiger partial charge < -0.3 is 9.13 Å². The lowest BCUT2D eigenvalue weighted by Crippen LogP contribution is -1.96. The molecule has 3 aromatic heterocycles. The molecule has 0 saturated heterocycles. The summed E-state index contributed by atoms with van der Waals surface area (Å²) in [6.07, 6.45) is 0. The second-order valence-corrected chi connectivity index (χ2v) is 12.5. The van der Waals surface area contributed by atoms with Crippen molar-refractivity contribution in [1.82, 2.24) is 9.13 Å². The summed E-state index contributed by atoms with van der Waals surface area (Å²) < 4.78 is 265. The van der Waals surface area contributed by atoms with Crippen LogP contribution in [0.3, 0.4) is 0 Å². The van der Waals surface area contributed by atoms with Crippen molar-refractivity contribution in [3.63, 3.8) is 0 Å². The number of fused-ring (bicyclic) bond motifs is 9. The summed E-state index contributed by atoms with van der Waals surface area (Å²) in [5, 5.41) is -2.52. The average Bonchev–Trinajstić information content (AvgIpc) is 4.35. The summed E-state index contributed by atoms with van der Waals surface area (Å²) in [7, 11) is 0. The third kappa shape index (κ3) is 4.36. The maximum absolute atomic E-state index is 9.95.